The summed E-state index contributed by atoms with van der Waals surface area (Å²) in [5.74, 6) is 1.00. The van der Waals surface area contributed by atoms with Gasteiger partial charge in [-0.3, -0.25) is 0 Å². The van der Waals surface area contributed by atoms with Crippen molar-refractivity contribution in [2.24, 2.45) is 0 Å². The van der Waals surface area contributed by atoms with E-state index in [0.717, 1.165) is 28.0 Å². The molecule has 0 atom stereocenters. The fraction of sp³-hybridized carbons (Fsp3) is 0.286. The van der Waals surface area contributed by atoms with Gasteiger partial charge in [-0.1, -0.05) is 22.9 Å². The van der Waals surface area contributed by atoms with Crippen LogP contribution in [0.4, 0.5) is 10.2 Å². The Labute approximate surface area is 120 Å². The Balaban J connectivity index is 2.65. The highest BCUT2D eigenvalue weighted by atomic mass is 79.9. The molecule has 2 aromatic rings. The molecule has 0 amide bonds. The topological polar surface area (TPSA) is 37.8 Å². The quantitative estimate of drug-likeness (QED) is 0.929. The fourth-order valence-corrected chi connectivity index (χ4v) is 2.36. The number of nitrogens with zero attached hydrogens (tertiary/aromatic N) is 2. The van der Waals surface area contributed by atoms with Crippen molar-refractivity contribution in [3.63, 3.8) is 0 Å². The van der Waals surface area contributed by atoms with Gasteiger partial charge in [-0.25, -0.2) is 14.4 Å². The van der Waals surface area contributed by atoms with Gasteiger partial charge in [0.05, 0.1) is 0 Å². The SMILES string of the molecule is CCc1nc(-c2cc(F)ccc2Br)nc(NC)c1C. The van der Waals surface area contributed by atoms with Gasteiger partial charge in [0.2, 0.25) is 0 Å². The number of hydrogen-bond donors (Lipinski definition) is 1. The summed E-state index contributed by atoms with van der Waals surface area (Å²) in [6, 6.07) is 4.51. The molecule has 5 heteroatoms. The Bertz CT molecular complexity index is 589. The summed E-state index contributed by atoms with van der Waals surface area (Å²) >= 11 is 3.41. The molecule has 1 aromatic carbocycles. The second-order valence-corrected chi connectivity index (χ2v) is 5.05. The van der Waals surface area contributed by atoms with E-state index in [1.807, 2.05) is 20.9 Å². The zero-order valence-electron chi connectivity index (χ0n) is 11.1. The summed E-state index contributed by atoms with van der Waals surface area (Å²) in [5.41, 5.74) is 2.65. The maximum atomic E-state index is 13.4. The van der Waals surface area contributed by atoms with Crippen LogP contribution in [0, 0.1) is 12.7 Å². The number of nitrogens with one attached hydrogen (secondary N) is 1. The molecule has 100 valence electrons. The number of halogens is 2. The van der Waals surface area contributed by atoms with Crippen LogP contribution in [0.5, 0.6) is 0 Å². The Morgan fingerprint density at radius 3 is 2.68 bits per heavy atom. The van der Waals surface area contributed by atoms with Crippen molar-refractivity contribution in [1.29, 1.82) is 0 Å². The molecule has 1 heterocycles. The molecule has 1 aromatic heterocycles. The van der Waals surface area contributed by atoms with Crippen LogP contribution in [0.15, 0.2) is 22.7 Å². The third kappa shape index (κ3) is 2.76. The monoisotopic (exact) mass is 323 g/mol. The number of hydrogen-bond acceptors (Lipinski definition) is 3. The van der Waals surface area contributed by atoms with Crippen LogP contribution in [0.2, 0.25) is 0 Å². The number of anilines is 1. The largest absolute Gasteiger partial charge is 0.373 e. The Hall–Kier alpha value is -1.49. The minimum atomic E-state index is -0.300. The minimum Gasteiger partial charge on any atom is -0.373 e. The second-order valence-electron chi connectivity index (χ2n) is 4.20. The molecule has 0 unspecified atom stereocenters. The third-order valence-corrected chi connectivity index (χ3v) is 3.68. The lowest BCUT2D eigenvalue weighted by atomic mass is 10.1. The first-order chi connectivity index (χ1) is 9.06. The van der Waals surface area contributed by atoms with Crippen molar-refractivity contribution in [2.45, 2.75) is 20.3 Å². The van der Waals surface area contributed by atoms with Crippen LogP contribution in [0.25, 0.3) is 11.4 Å². The normalized spacial score (nSPS) is 10.6. The molecule has 2 rings (SSSR count). The van der Waals surface area contributed by atoms with E-state index in [0.29, 0.717) is 11.4 Å². The zero-order valence-corrected chi connectivity index (χ0v) is 12.7. The molecular formula is C14H15BrFN3. The smallest absolute Gasteiger partial charge is 0.163 e. The summed E-state index contributed by atoms with van der Waals surface area (Å²) < 4.78 is 14.2. The van der Waals surface area contributed by atoms with Crippen LogP contribution in [0.1, 0.15) is 18.2 Å². The lowest BCUT2D eigenvalue weighted by Crippen LogP contribution is -2.05. The lowest BCUT2D eigenvalue weighted by Gasteiger charge is -2.12. The number of rotatable bonds is 3. The first kappa shape index (κ1) is 13.9. The zero-order chi connectivity index (χ0) is 14.0. The van der Waals surface area contributed by atoms with Gasteiger partial charge in [0.15, 0.2) is 5.82 Å². The molecule has 0 saturated carbocycles. The Morgan fingerprint density at radius 2 is 2.05 bits per heavy atom. The highest BCUT2D eigenvalue weighted by Crippen LogP contribution is 2.28. The first-order valence-electron chi connectivity index (χ1n) is 6.07. The molecule has 0 saturated heterocycles. The molecule has 0 bridgehead atoms. The van der Waals surface area contributed by atoms with Gasteiger partial charge < -0.3 is 5.32 Å². The molecule has 0 aliphatic heterocycles. The van der Waals surface area contributed by atoms with Crippen molar-refractivity contribution >= 4 is 21.7 Å². The minimum absolute atomic E-state index is 0.300. The van der Waals surface area contributed by atoms with Crippen molar-refractivity contribution in [3.05, 3.63) is 39.7 Å². The van der Waals surface area contributed by atoms with E-state index in [1.54, 1.807) is 6.07 Å². The molecule has 0 spiro atoms. The maximum absolute atomic E-state index is 13.4. The van der Waals surface area contributed by atoms with Gasteiger partial charge in [-0.05, 0) is 31.5 Å². The van der Waals surface area contributed by atoms with E-state index in [1.165, 1.54) is 12.1 Å². The van der Waals surface area contributed by atoms with Crippen LogP contribution in [-0.2, 0) is 6.42 Å². The molecule has 0 fully saturated rings. The van der Waals surface area contributed by atoms with E-state index in [9.17, 15) is 4.39 Å². The van der Waals surface area contributed by atoms with Gasteiger partial charge in [0.25, 0.3) is 0 Å². The van der Waals surface area contributed by atoms with Crippen LogP contribution in [0.3, 0.4) is 0 Å². The van der Waals surface area contributed by atoms with Crippen molar-refractivity contribution in [1.82, 2.24) is 9.97 Å². The average Bonchev–Trinajstić information content (AvgIpc) is 2.42. The third-order valence-electron chi connectivity index (χ3n) is 2.99. The molecular weight excluding hydrogens is 309 g/mol. The average molecular weight is 324 g/mol. The number of benzene rings is 1. The van der Waals surface area contributed by atoms with Gasteiger partial charge in [-0.2, -0.15) is 0 Å². The number of aromatic nitrogens is 2. The molecule has 3 nitrogen and oxygen atoms in total. The van der Waals surface area contributed by atoms with Gasteiger partial charge in [0.1, 0.15) is 11.6 Å². The van der Waals surface area contributed by atoms with E-state index in [-0.39, 0.29) is 5.82 Å². The summed E-state index contributed by atoms with van der Waals surface area (Å²) in [7, 11) is 1.82. The number of aryl methyl sites for hydroxylation is 1. The van der Waals surface area contributed by atoms with Gasteiger partial charge >= 0.3 is 0 Å². The van der Waals surface area contributed by atoms with Gasteiger partial charge in [-0.15, -0.1) is 0 Å². The molecule has 19 heavy (non-hydrogen) atoms. The van der Waals surface area contributed by atoms with Crippen LogP contribution in [-0.4, -0.2) is 17.0 Å². The molecule has 0 aliphatic rings. The Kier molecular flexibility index (Phi) is 4.14. The fourth-order valence-electron chi connectivity index (χ4n) is 1.94. The van der Waals surface area contributed by atoms with Crippen LogP contribution >= 0.6 is 15.9 Å². The summed E-state index contributed by atoms with van der Waals surface area (Å²) in [6.07, 6.45) is 0.809. The molecule has 1 N–H and O–H groups in total. The Morgan fingerprint density at radius 1 is 1.32 bits per heavy atom. The molecule has 0 radical (unpaired) electrons. The van der Waals surface area contributed by atoms with E-state index < -0.39 is 0 Å². The van der Waals surface area contributed by atoms with Gasteiger partial charge in [0, 0.05) is 28.3 Å². The lowest BCUT2D eigenvalue weighted by molar-refractivity contribution is 0.628. The van der Waals surface area contributed by atoms with Crippen molar-refractivity contribution in [3.8, 4) is 11.4 Å². The summed E-state index contributed by atoms with van der Waals surface area (Å²) in [4.78, 5) is 8.98. The maximum Gasteiger partial charge on any atom is 0.163 e. The standard InChI is InChI=1S/C14H15BrFN3/c1-4-12-8(2)13(17-3)19-14(18-12)10-7-9(16)5-6-11(10)15/h5-7H,4H2,1-3H3,(H,17,18,19). The second kappa shape index (κ2) is 5.65. The predicted molar refractivity (Wildman–Crippen MR) is 78.8 cm³/mol. The predicted octanol–water partition coefficient (Wildman–Crippen LogP) is 3.96. The van der Waals surface area contributed by atoms with E-state index in [2.05, 4.69) is 31.2 Å². The van der Waals surface area contributed by atoms with Crippen molar-refractivity contribution < 1.29 is 4.39 Å². The first-order valence-corrected chi connectivity index (χ1v) is 6.86. The van der Waals surface area contributed by atoms with Crippen molar-refractivity contribution in [2.75, 3.05) is 12.4 Å². The van der Waals surface area contributed by atoms with E-state index >= 15 is 0 Å². The highest BCUT2D eigenvalue weighted by Gasteiger charge is 2.13. The summed E-state index contributed by atoms with van der Waals surface area (Å²) in [6.45, 7) is 4.02. The summed E-state index contributed by atoms with van der Waals surface area (Å²) in [5, 5.41) is 3.05. The molecule has 0 aliphatic carbocycles. The van der Waals surface area contributed by atoms with E-state index in [4.69, 9.17) is 0 Å². The highest BCUT2D eigenvalue weighted by molar-refractivity contribution is 9.10. The van der Waals surface area contributed by atoms with Crippen LogP contribution < -0.4 is 5.32 Å².